The van der Waals surface area contributed by atoms with E-state index in [9.17, 15) is 9.59 Å². The maximum atomic E-state index is 11.3. The fourth-order valence-corrected chi connectivity index (χ4v) is 1.32. The molecule has 0 saturated heterocycles. The van der Waals surface area contributed by atoms with E-state index in [1.807, 2.05) is 13.8 Å². The molecule has 0 radical (unpaired) electrons. The molecule has 0 aromatic rings. The quantitative estimate of drug-likeness (QED) is 0.355. The molecule has 6 N–H and O–H groups in total. The molecule has 120 valence electrons. The molecule has 0 heterocycles. The summed E-state index contributed by atoms with van der Waals surface area (Å²) in [5.41, 5.74) is 5.26. The van der Waals surface area contributed by atoms with Crippen molar-refractivity contribution in [1.82, 2.24) is 5.32 Å². The molecule has 0 spiro atoms. The second-order valence-electron chi connectivity index (χ2n) is 4.17. The molecular weight excluding hydrogens is 264 g/mol. The van der Waals surface area contributed by atoms with Crippen LogP contribution in [-0.2, 0) is 9.59 Å². The summed E-state index contributed by atoms with van der Waals surface area (Å²) < 4.78 is 0. The van der Waals surface area contributed by atoms with Gasteiger partial charge in [0.15, 0.2) is 0 Å². The average Bonchev–Trinajstić information content (AvgIpc) is 2.45. The molecule has 0 aliphatic rings. The maximum absolute atomic E-state index is 11.3. The summed E-state index contributed by atoms with van der Waals surface area (Å²) in [7, 11) is 0. The van der Waals surface area contributed by atoms with Crippen molar-refractivity contribution in [3.63, 3.8) is 0 Å². The van der Waals surface area contributed by atoms with Crippen molar-refractivity contribution in [1.29, 1.82) is 0 Å². The SMILES string of the molecule is CC.N[C@@H](CCC(=O)NCCCC[C@H](O)CO)C(=O)O. The summed E-state index contributed by atoms with van der Waals surface area (Å²) in [5, 5.41) is 28.8. The van der Waals surface area contributed by atoms with Crippen LogP contribution in [0, 0.1) is 0 Å². The Morgan fingerprint density at radius 3 is 2.30 bits per heavy atom. The van der Waals surface area contributed by atoms with Crippen LogP contribution in [-0.4, -0.2) is 52.5 Å². The van der Waals surface area contributed by atoms with E-state index in [4.69, 9.17) is 21.1 Å². The first kappa shape index (κ1) is 21.1. The molecule has 0 aliphatic heterocycles. The lowest BCUT2D eigenvalue weighted by Crippen LogP contribution is -2.33. The van der Waals surface area contributed by atoms with Gasteiger partial charge in [-0.2, -0.15) is 0 Å². The van der Waals surface area contributed by atoms with Gasteiger partial charge in [-0.1, -0.05) is 13.8 Å². The molecule has 0 rings (SSSR count). The summed E-state index contributed by atoms with van der Waals surface area (Å²) in [5.74, 6) is -1.34. The number of aliphatic carboxylic acids is 1. The molecule has 20 heavy (non-hydrogen) atoms. The van der Waals surface area contributed by atoms with E-state index in [2.05, 4.69) is 5.32 Å². The lowest BCUT2D eigenvalue weighted by atomic mass is 10.1. The highest BCUT2D eigenvalue weighted by molar-refractivity contribution is 5.78. The van der Waals surface area contributed by atoms with Crippen molar-refractivity contribution in [2.45, 2.75) is 58.1 Å². The molecule has 2 atom stereocenters. The van der Waals surface area contributed by atoms with Crippen molar-refractivity contribution < 1.29 is 24.9 Å². The Morgan fingerprint density at radius 2 is 1.80 bits per heavy atom. The molecule has 0 aliphatic carbocycles. The van der Waals surface area contributed by atoms with Gasteiger partial charge in [-0.25, -0.2) is 0 Å². The van der Waals surface area contributed by atoms with Gasteiger partial charge in [0.25, 0.3) is 0 Å². The number of rotatable bonds is 10. The van der Waals surface area contributed by atoms with E-state index in [0.29, 0.717) is 25.8 Å². The van der Waals surface area contributed by atoms with Crippen LogP contribution in [0.4, 0.5) is 0 Å². The minimum atomic E-state index is -1.11. The number of carbonyl (C=O) groups is 2. The summed E-state index contributed by atoms with van der Waals surface area (Å²) in [6.07, 6.45) is 1.41. The number of unbranched alkanes of at least 4 members (excludes halogenated alkanes) is 1. The van der Waals surface area contributed by atoms with Crippen LogP contribution >= 0.6 is 0 Å². The molecule has 0 aromatic carbocycles. The summed E-state index contributed by atoms with van der Waals surface area (Å²) in [6.45, 7) is 4.22. The lowest BCUT2D eigenvalue weighted by Gasteiger charge is -2.08. The predicted molar refractivity (Wildman–Crippen MR) is 76.1 cm³/mol. The fraction of sp³-hybridized carbons (Fsp3) is 0.846. The van der Waals surface area contributed by atoms with Crippen LogP contribution in [0.25, 0.3) is 0 Å². The minimum Gasteiger partial charge on any atom is -0.480 e. The summed E-state index contributed by atoms with van der Waals surface area (Å²) in [4.78, 5) is 21.7. The first-order chi connectivity index (χ1) is 9.47. The molecular formula is C13H28N2O5. The maximum Gasteiger partial charge on any atom is 0.320 e. The Balaban J connectivity index is 0. The number of hydrogen-bond acceptors (Lipinski definition) is 5. The van der Waals surface area contributed by atoms with Crippen LogP contribution in [0.1, 0.15) is 46.0 Å². The smallest absolute Gasteiger partial charge is 0.320 e. The normalized spacial score (nSPS) is 12.8. The van der Waals surface area contributed by atoms with Crippen molar-refractivity contribution in [3.8, 4) is 0 Å². The largest absolute Gasteiger partial charge is 0.480 e. The van der Waals surface area contributed by atoms with Gasteiger partial charge in [0.1, 0.15) is 6.04 Å². The topological polar surface area (TPSA) is 133 Å². The summed E-state index contributed by atoms with van der Waals surface area (Å²) in [6, 6.07) is -1.00. The number of carboxylic acids is 1. The number of aliphatic hydroxyl groups is 2. The Bertz CT molecular complexity index is 261. The van der Waals surface area contributed by atoms with Gasteiger partial charge >= 0.3 is 5.97 Å². The van der Waals surface area contributed by atoms with E-state index < -0.39 is 18.1 Å². The average molecular weight is 292 g/mol. The van der Waals surface area contributed by atoms with Crippen LogP contribution in [0.2, 0.25) is 0 Å². The van der Waals surface area contributed by atoms with E-state index >= 15 is 0 Å². The number of aliphatic hydroxyl groups excluding tert-OH is 2. The second-order valence-corrected chi connectivity index (χ2v) is 4.17. The molecule has 0 saturated carbocycles. The predicted octanol–water partition coefficient (Wildman–Crippen LogP) is -0.156. The number of carboxylic acid groups (broad SMARTS) is 1. The van der Waals surface area contributed by atoms with E-state index in [1.54, 1.807) is 0 Å². The lowest BCUT2D eigenvalue weighted by molar-refractivity contribution is -0.138. The van der Waals surface area contributed by atoms with E-state index in [-0.39, 0.29) is 25.4 Å². The third kappa shape index (κ3) is 13.3. The first-order valence-corrected chi connectivity index (χ1v) is 7.01. The zero-order valence-corrected chi connectivity index (χ0v) is 12.3. The van der Waals surface area contributed by atoms with Gasteiger partial charge in [-0.3, -0.25) is 9.59 Å². The van der Waals surface area contributed by atoms with Gasteiger partial charge in [0.05, 0.1) is 12.7 Å². The van der Waals surface area contributed by atoms with Crippen molar-refractivity contribution in [2.75, 3.05) is 13.2 Å². The standard InChI is InChI=1S/C11H22N2O5.C2H6/c12-9(11(17)18)4-5-10(16)13-6-2-1-3-8(15)7-14;1-2/h8-9,14-15H,1-7,12H2,(H,13,16)(H,17,18);1-2H3/t8-,9-;/m0./s1. The number of nitrogens with one attached hydrogen (secondary N) is 1. The molecule has 0 fully saturated rings. The van der Waals surface area contributed by atoms with Crippen molar-refractivity contribution in [2.24, 2.45) is 5.73 Å². The van der Waals surface area contributed by atoms with Crippen LogP contribution in [0.3, 0.4) is 0 Å². The van der Waals surface area contributed by atoms with E-state index in [0.717, 1.165) is 0 Å². The molecule has 0 aromatic heterocycles. The monoisotopic (exact) mass is 292 g/mol. The first-order valence-electron chi connectivity index (χ1n) is 7.01. The highest BCUT2D eigenvalue weighted by Crippen LogP contribution is 2.00. The number of amides is 1. The van der Waals surface area contributed by atoms with Gasteiger partial charge in [0.2, 0.25) is 5.91 Å². The van der Waals surface area contributed by atoms with E-state index in [1.165, 1.54) is 0 Å². The van der Waals surface area contributed by atoms with Crippen LogP contribution in [0.15, 0.2) is 0 Å². The molecule has 0 unspecified atom stereocenters. The summed E-state index contributed by atoms with van der Waals surface area (Å²) >= 11 is 0. The zero-order chi connectivity index (χ0) is 16.0. The molecule has 7 heteroatoms. The Morgan fingerprint density at radius 1 is 1.20 bits per heavy atom. The van der Waals surface area contributed by atoms with Gasteiger partial charge in [-0.15, -0.1) is 0 Å². The van der Waals surface area contributed by atoms with Crippen molar-refractivity contribution >= 4 is 11.9 Å². The van der Waals surface area contributed by atoms with Gasteiger partial charge < -0.3 is 26.4 Å². The van der Waals surface area contributed by atoms with Gasteiger partial charge in [0, 0.05) is 13.0 Å². The second kappa shape index (κ2) is 14.2. The van der Waals surface area contributed by atoms with Crippen LogP contribution < -0.4 is 11.1 Å². The Kier molecular flexibility index (Phi) is 15.0. The molecule has 7 nitrogen and oxygen atoms in total. The van der Waals surface area contributed by atoms with Crippen molar-refractivity contribution in [3.05, 3.63) is 0 Å². The number of hydrogen-bond donors (Lipinski definition) is 5. The minimum absolute atomic E-state index is 0.0900. The highest BCUT2D eigenvalue weighted by atomic mass is 16.4. The number of nitrogens with two attached hydrogens (primary N) is 1. The number of carbonyl (C=O) groups excluding carboxylic acids is 1. The zero-order valence-electron chi connectivity index (χ0n) is 12.3. The third-order valence-corrected chi connectivity index (χ3v) is 2.50. The third-order valence-electron chi connectivity index (χ3n) is 2.50. The Labute approximate surface area is 120 Å². The van der Waals surface area contributed by atoms with Gasteiger partial charge in [-0.05, 0) is 25.7 Å². The Hall–Kier alpha value is -1.18. The fourth-order valence-electron chi connectivity index (χ4n) is 1.32. The molecule has 1 amide bonds. The molecule has 0 bridgehead atoms. The van der Waals surface area contributed by atoms with Crippen LogP contribution in [0.5, 0.6) is 0 Å². The highest BCUT2D eigenvalue weighted by Gasteiger charge is 2.13.